The van der Waals surface area contributed by atoms with E-state index in [2.05, 4.69) is 0 Å². The lowest BCUT2D eigenvalue weighted by Crippen LogP contribution is -2.49. The summed E-state index contributed by atoms with van der Waals surface area (Å²) in [6, 6.07) is 10.6. The predicted octanol–water partition coefficient (Wildman–Crippen LogP) is 6.42. The fraction of sp³-hybridized carbons (Fsp3) is 0.360. The summed E-state index contributed by atoms with van der Waals surface area (Å²) in [5.41, 5.74) is 1.04. The predicted molar refractivity (Wildman–Crippen MR) is 137 cm³/mol. The highest BCUT2D eigenvalue weighted by atomic mass is 35.5. The van der Waals surface area contributed by atoms with Crippen molar-refractivity contribution in [1.29, 1.82) is 0 Å². The summed E-state index contributed by atoms with van der Waals surface area (Å²) in [6.45, 7) is 4.16. The van der Waals surface area contributed by atoms with Gasteiger partial charge < -0.3 is 14.2 Å². The average Bonchev–Trinajstić information content (AvgIpc) is 3.49. The van der Waals surface area contributed by atoms with Gasteiger partial charge in [0.05, 0.1) is 24.3 Å². The van der Waals surface area contributed by atoms with E-state index in [-0.39, 0.29) is 36.8 Å². The van der Waals surface area contributed by atoms with Gasteiger partial charge in [0.15, 0.2) is 0 Å². The number of carbonyl (C=O) groups is 2. The number of amides is 2. The smallest absolute Gasteiger partial charge is 0.243 e. The molecule has 1 unspecified atom stereocenters. The number of hydrogen-bond donors (Lipinski definition) is 0. The van der Waals surface area contributed by atoms with Gasteiger partial charge in [-0.2, -0.15) is 0 Å². The average molecular weight is 540 g/mol. The Morgan fingerprint density at radius 3 is 2.68 bits per heavy atom. The van der Waals surface area contributed by atoms with Gasteiger partial charge in [-0.25, -0.2) is 0 Å². The van der Waals surface area contributed by atoms with E-state index in [1.165, 1.54) is 9.78 Å². The maximum absolute atomic E-state index is 13.8. The van der Waals surface area contributed by atoms with Crippen molar-refractivity contribution in [3.8, 4) is 0 Å². The number of benzene rings is 1. The standard InChI is InChI=1S/C25H25Cl3N2O3S/c1-25(2,15-26)24(32)29(13-17-4-3-10-33-17)14-22(31)30-9-7-21-19(8-11-34-21)23(30)18-6-5-16(27)12-20(18)28/h3-6,8,10-12,23H,7,9,13-15H2,1-2H3. The van der Waals surface area contributed by atoms with Crippen molar-refractivity contribution in [2.75, 3.05) is 19.0 Å². The fourth-order valence-corrected chi connectivity index (χ4v) is 5.70. The second kappa shape index (κ2) is 10.3. The summed E-state index contributed by atoms with van der Waals surface area (Å²) < 4.78 is 5.46. The lowest BCUT2D eigenvalue weighted by molar-refractivity contribution is -0.147. The van der Waals surface area contributed by atoms with Crippen LogP contribution in [0, 0.1) is 5.41 Å². The first-order valence-corrected chi connectivity index (χ1v) is 13.1. The molecular weight excluding hydrogens is 515 g/mol. The van der Waals surface area contributed by atoms with Gasteiger partial charge in [0.25, 0.3) is 0 Å². The third-order valence-corrected chi connectivity index (χ3v) is 8.22. The maximum Gasteiger partial charge on any atom is 0.243 e. The van der Waals surface area contributed by atoms with E-state index in [9.17, 15) is 9.59 Å². The highest BCUT2D eigenvalue weighted by molar-refractivity contribution is 7.10. The summed E-state index contributed by atoms with van der Waals surface area (Å²) in [4.78, 5) is 31.6. The number of fused-ring (bicyclic) bond motifs is 1. The van der Waals surface area contributed by atoms with Crippen molar-refractivity contribution >= 4 is 58.0 Å². The Morgan fingerprint density at radius 1 is 1.21 bits per heavy atom. The van der Waals surface area contributed by atoms with Crippen LogP contribution in [0.4, 0.5) is 0 Å². The highest BCUT2D eigenvalue weighted by Gasteiger charge is 2.37. The van der Waals surface area contributed by atoms with Crippen LogP contribution < -0.4 is 0 Å². The number of nitrogens with zero attached hydrogens (tertiary/aromatic N) is 2. The van der Waals surface area contributed by atoms with Crippen molar-refractivity contribution in [3.63, 3.8) is 0 Å². The fourth-order valence-electron chi connectivity index (χ4n) is 4.17. The number of halogens is 3. The van der Waals surface area contributed by atoms with Crippen LogP contribution in [0.2, 0.25) is 10.0 Å². The van der Waals surface area contributed by atoms with E-state index in [4.69, 9.17) is 39.2 Å². The zero-order valence-corrected chi connectivity index (χ0v) is 22.0. The van der Waals surface area contributed by atoms with Crippen LogP contribution >= 0.6 is 46.1 Å². The van der Waals surface area contributed by atoms with Crippen molar-refractivity contribution in [2.45, 2.75) is 32.9 Å². The van der Waals surface area contributed by atoms with Crippen LogP contribution in [-0.2, 0) is 22.6 Å². The van der Waals surface area contributed by atoms with Gasteiger partial charge in [0.2, 0.25) is 11.8 Å². The molecule has 1 atom stereocenters. The molecule has 0 fully saturated rings. The molecule has 5 nitrogen and oxygen atoms in total. The van der Waals surface area contributed by atoms with Crippen LogP contribution in [0.25, 0.3) is 0 Å². The van der Waals surface area contributed by atoms with Crippen LogP contribution in [0.5, 0.6) is 0 Å². The van der Waals surface area contributed by atoms with Crippen LogP contribution in [0.3, 0.4) is 0 Å². The maximum atomic E-state index is 13.8. The van der Waals surface area contributed by atoms with Crippen LogP contribution in [0.1, 0.15) is 41.7 Å². The van der Waals surface area contributed by atoms with Crippen LogP contribution in [-0.4, -0.2) is 40.6 Å². The number of hydrogen-bond acceptors (Lipinski definition) is 4. The Morgan fingerprint density at radius 2 is 2.00 bits per heavy atom. The Labute approximate surface area is 218 Å². The van der Waals surface area contributed by atoms with Crippen molar-refractivity contribution < 1.29 is 14.0 Å². The molecule has 1 aliphatic rings. The van der Waals surface area contributed by atoms with Gasteiger partial charge in [-0.3, -0.25) is 9.59 Å². The van der Waals surface area contributed by atoms with Gasteiger partial charge in [0.1, 0.15) is 12.3 Å². The van der Waals surface area contributed by atoms with Crippen molar-refractivity contribution in [1.82, 2.24) is 9.80 Å². The molecule has 0 bridgehead atoms. The molecule has 1 aliphatic heterocycles. The van der Waals surface area contributed by atoms with E-state index >= 15 is 0 Å². The number of rotatable bonds is 7. The summed E-state index contributed by atoms with van der Waals surface area (Å²) in [7, 11) is 0. The molecule has 9 heteroatoms. The molecule has 0 N–H and O–H groups in total. The molecule has 0 saturated carbocycles. The zero-order chi connectivity index (χ0) is 24.5. The zero-order valence-electron chi connectivity index (χ0n) is 18.9. The second-order valence-corrected chi connectivity index (χ2v) is 11.1. The second-order valence-electron chi connectivity index (χ2n) is 8.96. The van der Waals surface area contributed by atoms with Crippen molar-refractivity contribution in [2.24, 2.45) is 5.41 Å². The molecular formula is C25H25Cl3N2O3S. The summed E-state index contributed by atoms with van der Waals surface area (Å²) in [5, 5.41) is 3.07. The summed E-state index contributed by atoms with van der Waals surface area (Å²) >= 11 is 20.5. The first-order valence-electron chi connectivity index (χ1n) is 10.9. The third-order valence-electron chi connectivity index (χ3n) is 6.00. The van der Waals surface area contributed by atoms with Crippen LogP contribution in [0.15, 0.2) is 52.5 Å². The third kappa shape index (κ3) is 5.15. The van der Waals surface area contributed by atoms with E-state index in [1.807, 2.05) is 17.5 Å². The van der Waals surface area contributed by atoms with Gasteiger partial charge in [-0.05, 0) is 67.1 Å². The molecule has 0 radical (unpaired) electrons. The summed E-state index contributed by atoms with van der Waals surface area (Å²) in [6.07, 6.45) is 2.30. The number of alkyl halides is 1. The molecule has 2 aromatic heterocycles. The van der Waals surface area contributed by atoms with E-state index in [0.29, 0.717) is 22.4 Å². The molecule has 0 aliphatic carbocycles. The minimum absolute atomic E-state index is 0.0962. The quantitative estimate of drug-likeness (QED) is 0.326. The molecule has 2 amide bonds. The minimum atomic E-state index is -0.824. The molecule has 0 spiro atoms. The Bertz CT molecular complexity index is 1180. The molecule has 1 aromatic carbocycles. The topological polar surface area (TPSA) is 53.8 Å². The minimum Gasteiger partial charge on any atom is -0.467 e. The molecule has 34 heavy (non-hydrogen) atoms. The Hall–Kier alpha value is -1.99. The molecule has 180 valence electrons. The lowest BCUT2D eigenvalue weighted by atomic mass is 9.92. The van der Waals surface area contributed by atoms with E-state index in [0.717, 1.165) is 17.5 Å². The van der Waals surface area contributed by atoms with Gasteiger partial charge in [0, 0.05) is 27.3 Å². The number of carbonyl (C=O) groups excluding carboxylic acids is 2. The Balaban J connectivity index is 1.66. The van der Waals surface area contributed by atoms with E-state index in [1.54, 1.807) is 60.6 Å². The van der Waals surface area contributed by atoms with E-state index < -0.39 is 5.41 Å². The van der Waals surface area contributed by atoms with Gasteiger partial charge in [-0.15, -0.1) is 22.9 Å². The summed E-state index contributed by atoms with van der Waals surface area (Å²) in [5.74, 6) is 0.363. The SMILES string of the molecule is CC(C)(CCl)C(=O)N(CC(=O)N1CCc2sccc2C1c1ccc(Cl)cc1Cl)Cc1ccco1. The molecule has 0 saturated heterocycles. The lowest BCUT2D eigenvalue weighted by Gasteiger charge is -2.38. The normalized spacial score (nSPS) is 15.8. The molecule has 3 heterocycles. The first-order chi connectivity index (χ1) is 16.2. The highest BCUT2D eigenvalue weighted by Crippen LogP contribution is 2.41. The largest absolute Gasteiger partial charge is 0.467 e. The van der Waals surface area contributed by atoms with Crippen molar-refractivity contribution in [3.05, 3.63) is 79.9 Å². The monoisotopic (exact) mass is 538 g/mol. The Kier molecular flexibility index (Phi) is 7.63. The molecule has 4 rings (SSSR count). The van der Waals surface area contributed by atoms with Gasteiger partial charge in [-0.1, -0.05) is 29.3 Å². The number of thiophene rings is 1. The van der Waals surface area contributed by atoms with Gasteiger partial charge >= 0.3 is 0 Å². The first kappa shape index (κ1) is 25.1. The molecule has 3 aromatic rings. The number of furan rings is 1.